The van der Waals surface area contributed by atoms with Crippen LogP contribution in [-0.4, -0.2) is 25.1 Å². The van der Waals surface area contributed by atoms with Gasteiger partial charge in [0.1, 0.15) is 5.75 Å². The number of para-hydroxylation sites is 2. The van der Waals surface area contributed by atoms with Gasteiger partial charge in [0.15, 0.2) is 9.84 Å². The van der Waals surface area contributed by atoms with Crippen LogP contribution >= 0.6 is 11.6 Å². The van der Waals surface area contributed by atoms with Gasteiger partial charge in [-0.2, -0.15) is 0 Å². The normalized spacial score (nSPS) is 11.5. The molecule has 3 rings (SSSR count). The summed E-state index contributed by atoms with van der Waals surface area (Å²) in [6.07, 6.45) is 1.41. The van der Waals surface area contributed by atoms with E-state index in [9.17, 15) is 13.2 Å². The summed E-state index contributed by atoms with van der Waals surface area (Å²) in [5, 5.41) is 3.44. The number of benzene rings is 2. The number of hydrogen-bond acceptors (Lipinski definition) is 3. The van der Waals surface area contributed by atoms with Gasteiger partial charge in [-0.05, 0) is 18.2 Å². The fourth-order valence-corrected chi connectivity index (χ4v) is 3.81. The number of sulfone groups is 1. The maximum absolute atomic E-state index is 12.5. The minimum Gasteiger partial charge on any atom is -0.360 e. The van der Waals surface area contributed by atoms with Gasteiger partial charge in [-0.1, -0.05) is 41.9 Å². The molecule has 0 radical (unpaired) electrons. The Bertz CT molecular complexity index is 980. The zero-order valence-electron chi connectivity index (χ0n) is 11.9. The fraction of sp³-hybridized carbons (Fsp3) is 0.0625. The molecule has 3 aromatic rings. The number of nitrogens with one attached hydrogen (secondary N) is 2. The molecule has 0 fully saturated rings. The van der Waals surface area contributed by atoms with Crippen LogP contribution in [0.15, 0.2) is 59.6 Å². The fourth-order valence-electron chi connectivity index (χ4n) is 2.30. The number of H-pyrrole nitrogens is 1. The van der Waals surface area contributed by atoms with E-state index in [-0.39, 0.29) is 4.90 Å². The van der Waals surface area contributed by atoms with Crippen LogP contribution in [0.4, 0.5) is 5.69 Å². The van der Waals surface area contributed by atoms with Crippen LogP contribution < -0.4 is 5.32 Å². The van der Waals surface area contributed by atoms with Crippen LogP contribution in [0.3, 0.4) is 0 Å². The van der Waals surface area contributed by atoms with Crippen LogP contribution in [0.2, 0.25) is 5.02 Å². The molecular formula is C16H13ClN2O3S. The van der Waals surface area contributed by atoms with Crippen molar-refractivity contribution in [2.45, 2.75) is 4.90 Å². The van der Waals surface area contributed by atoms with Crippen molar-refractivity contribution in [3.05, 3.63) is 59.8 Å². The van der Waals surface area contributed by atoms with Gasteiger partial charge in [-0.25, -0.2) is 8.42 Å². The predicted octanol–water partition coefficient (Wildman–Crippen LogP) is 3.23. The third-order valence-corrected chi connectivity index (χ3v) is 5.34. The number of rotatable bonds is 4. The lowest BCUT2D eigenvalue weighted by molar-refractivity contribution is -0.113. The Hall–Kier alpha value is -2.31. The average Bonchev–Trinajstić information content (AvgIpc) is 2.94. The number of amides is 1. The highest BCUT2D eigenvalue weighted by atomic mass is 35.5. The monoisotopic (exact) mass is 348 g/mol. The van der Waals surface area contributed by atoms with Gasteiger partial charge in [-0.3, -0.25) is 4.79 Å². The molecule has 5 nitrogen and oxygen atoms in total. The summed E-state index contributed by atoms with van der Waals surface area (Å²) in [5.41, 5.74) is 1.09. The molecule has 0 atom stereocenters. The first kappa shape index (κ1) is 15.6. The van der Waals surface area contributed by atoms with Crippen molar-refractivity contribution in [1.82, 2.24) is 4.98 Å². The van der Waals surface area contributed by atoms with Crippen molar-refractivity contribution >= 4 is 43.9 Å². The van der Waals surface area contributed by atoms with Crippen molar-refractivity contribution < 1.29 is 13.2 Å². The van der Waals surface area contributed by atoms with Crippen molar-refractivity contribution in [3.63, 3.8) is 0 Å². The Morgan fingerprint density at radius 3 is 2.57 bits per heavy atom. The number of carbonyl (C=O) groups is 1. The number of carbonyl (C=O) groups excluding carboxylic acids is 1. The largest absolute Gasteiger partial charge is 0.360 e. The minimum absolute atomic E-state index is 0.113. The van der Waals surface area contributed by atoms with E-state index in [0.29, 0.717) is 21.6 Å². The smallest absolute Gasteiger partial charge is 0.240 e. The number of halogens is 1. The lowest BCUT2D eigenvalue weighted by atomic mass is 10.2. The lowest BCUT2D eigenvalue weighted by Gasteiger charge is -2.07. The molecule has 0 saturated heterocycles. The molecule has 0 aliphatic rings. The van der Waals surface area contributed by atoms with E-state index in [1.54, 1.807) is 48.5 Å². The van der Waals surface area contributed by atoms with E-state index >= 15 is 0 Å². The molecule has 0 aliphatic carbocycles. The zero-order chi connectivity index (χ0) is 16.4. The number of hydrogen-bond donors (Lipinski definition) is 2. The molecule has 1 heterocycles. The van der Waals surface area contributed by atoms with E-state index < -0.39 is 21.5 Å². The maximum atomic E-state index is 12.5. The summed E-state index contributed by atoms with van der Waals surface area (Å²) in [6, 6.07) is 13.7. The average molecular weight is 349 g/mol. The van der Waals surface area contributed by atoms with E-state index in [4.69, 9.17) is 11.6 Å². The van der Waals surface area contributed by atoms with Gasteiger partial charge in [-0.15, -0.1) is 0 Å². The van der Waals surface area contributed by atoms with Crippen LogP contribution in [0.5, 0.6) is 0 Å². The van der Waals surface area contributed by atoms with Gasteiger partial charge in [0.25, 0.3) is 0 Å². The van der Waals surface area contributed by atoms with E-state index in [0.717, 1.165) is 0 Å². The second kappa shape index (κ2) is 6.06. The minimum atomic E-state index is -3.76. The quantitative estimate of drug-likeness (QED) is 0.759. The van der Waals surface area contributed by atoms with Crippen molar-refractivity contribution in [3.8, 4) is 0 Å². The Morgan fingerprint density at radius 1 is 1.09 bits per heavy atom. The Kier molecular flexibility index (Phi) is 4.11. The van der Waals surface area contributed by atoms with E-state index in [2.05, 4.69) is 10.3 Å². The summed E-state index contributed by atoms with van der Waals surface area (Å²) >= 11 is 5.95. The molecule has 0 saturated carbocycles. The molecule has 2 N–H and O–H groups in total. The van der Waals surface area contributed by atoms with Crippen LogP contribution in [0, 0.1) is 0 Å². The number of aromatic nitrogens is 1. The topological polar surface area (TPSA) is 79.0 Å². The lowest BCUT2D eigenvalue weighted by Crippen LogP contribution is -2.23. The molecular weight excluding hydrogens is 336 g/mol. The number of anilines is 1. The molecule has 1 amide bonds. The Labute approximate surface area is 138 Å². The highest BCUT2D eigenvalue weighted by Crippen LogP contribution is 2.24. The number of fused-ring (bicyclic) bond motifs is 1. The summed E-state index contributed by atoms with van der Waals surface area (Å²) in [5.74, 6) is -1.29. The standard InChI is InChI=1S/C16H13ClN2O3S/c17-12-6-2-4-8-14(12)19-16(20)10-23(21,22)15-9-18-13-7-3-1-5-11(13)15/h1-9,18H,10H2,(H,19,20). The summed E-state index contributed by atoms with van der Waals surface area (Å²) < 4.78 is 25.0. The Balaban J connectivity index is 1.84. The van der Waals surface area contributed by atoms with E-state index in [1.165, 1.54) is 6.20 Å². The van der Waals surface area contributed by atoms with Crippen molar-refractivity contribution in [2.75, 3.05) is 11.1 Å². The van der Waals surface area contributed by atoms with Gasteiger partial charge < -0.3 is 10.3 Å². The Morgan fingerprint density at radius 2 is 1.78 bits per heavy atom. The first-order valence-electron chi connectivity index (χ1n) is 6.80. The molecule has 7 heteroatoms. The summed E-state index contributed by atoms with van der Waals surface area (Å²) in [7, 11) is -3.76. The van der Waals surface area contributed by atoms with Gasteiger partial charge in [0.2, 0.25) is 5.91 Å². The first-order valence-corrected chi connectivity index (χ1v) is 8.84. The molecule has 118 valence electrons. The van der Waals surface area contributed by atoms with E-state index in [1.807, 2.05) is 0 Å². The first-order chi connectivity index (χ1) is 11.0. The van der Waals surface area contributed by atoms with Crippen molar-refractivity contribution in [1.29, 1.82) is 0 Å². The second-order valence-corrected chi connectivity index (χ2v) is 7.35. The van der Waals surface area contributed by atoms with Gasteiger partial charge >= 0.3 is 0 Å². The summed E-state index contributed by atoms with van der Waals surface area (Å²) in [6.45, 7) is 0. The SMILES string of the molecule is O=C(CS(=O)(=O)c1c[nH]c2ccccc12)Nc1ccccc1Cl. The molecule has 23 heavy (non-hydrogen) atoms. The predicted molar refractivity (Wildman–Crippen MR) is 90.4 cm³/mol. The molecule has 0 aliphatic heterocycles. The van der Waals surface area contributed by atoms with Gasteiger partial charge in [0.05, 0.1) is 15.6 Å². The highest BCUT2D eigenvalue weighted by molar-refractivity contribution is 7.92. The maximum Gasteiger partial charge on any atom is 0.240 e. The molecule has 0 spiro atoms. The third-order valence-electron chi connectivity index (χ3n) is 3.36. The van der Waals surface area contributed by atoms with Crippen LogP contribution in [-0.2, 0) is 14.6 Å². The third kappa shape index (κ3) is 3.23. The second-order valence-electron chi connectivity index (χ2n) is 4.99. The van der Waals surface area contributed by atoms with Crippen LogP contribution in [0.25, 0.3) is 10.9 Å². The highest BCUT2D eigenvalue weighted by Gasteiger charge is 2.23. The molecule has 0 unspecified atom stereocenters. The molecule has 2 aromatic carbocycles. The zero-order valence-corrected chi connectivity index (χ0v) is 13.5. The van der Waals surface area contributed by atoms with Crippen LogP contribution in [0.1, 0.15) is 0 Å². The number of aromatic amines is 1. The molecule has 0 bridgehead atoms. The van der Waals surface area contributed by atoms with Crippen molar-refractivity contribution in [2.24, 2.45) is 0 Å². The summed E-state index contributed by atoms with van der Waals surface area (Å²) in [4.78, 5) is 15.1. The van der Waals surface area contributed by atoms with Gasteiger partial charge in [0, 0.05) is 17.1 Å². The molecule has 1 aromatic heterocycles.